The molecule has 2 rings (SSSR count). The molecule has 2 aromatic rings. The SMILES string of the molecule is COCCOCC(=O)NCCCC[C@H](NC(=O)COCCOC)C(=O)NCCCC(=O)ONC(=O)Cc1ccc(CCCCc2ccccc2)cc1. The molecule has 0 bridgehead atoms. The average molecular weight is 729 g/mol. The normalized spacial score (nSPS) is 11.3. The van der Waals surface area contributed by atoms with Crippen LogP contribution in [0.5, 0.6) is 0 Å². The largest absolute Gasteiger partial charge is 0.382 e. The molecule has 0 heterocycles. The van der Waals surface area contributed by atoms with Crippen molar-refractivity contribution >= 4 is 29.6 Å². The molecule has 0 aliphatic carbocycles. The molecule has 14 heteroatoms. The Morgan fingerprint density at radius 3 is 1.87 bits per heavy atom. The Morgan fingerprint density at radius 2 is 1.21 bits per heavy atom. The fourth-order valence-corrected chi connectivity index (χ4v) is 4.95. The van der Waals surface area contributed by atoms with Crippen LogP contribution in [0.15, 0.2) is 54.6 Å². The van der Waals surface area contributed by atoms with Crippen LogP contribution in [0.4, 0.5) is 0 Å². The third-order valence-electron chi connectivity index (χ3n) is 7.77. The van der Waals surface area contributed by atoms with Gasteiger partial charge in [-0.2, -0.15) is 5.48 Å². The molecule has 0 aliphatic heterocycles. The smallest absolute Gasteiger partial charge is 0.332 e. The zero-order valence-electron chi connectivity index (χ0n) is 30.6. The van der Waals surface area contributed by atoms with E-state index in [0.717, 1.165) is 31.2 Å². The van der Waals surface area contributed by atoms with Crippen LogP contribution in [0.1, 0.15) is 61.6 Å². The zero-order chi connectivity index (χ0) is 37.7. The lowest BCUT2D eigenvalue weighted by Gasteiger charge is -2.19. The van der Waals surface area contributed by atoms with Gasteiger partial charge >= 0.3 is 5.97 Å². The molecule has 0 unspecified atom stereocenters. The first-order valence-electron chi connectivity index (χ1n) is 17.9. The molecule has 0 saturated heterocycles. The van der Waals surface area contributed by atoms with Gasteiger partial charge in [0.15, 0.2) is 0 Å². The highest BCUT2D eigenvalue weighted by molar-refractivity contribution is 5.88. The third kappa shape index (κ3) is 21.8. The van der Waals surface area contributed by atoms with Crippen molar-refractivity contribution in [2.45, 2.75) is 70.3 Å². The van der Waals surface area contributed by atoms with Gasteiger partial charge in [0, 0.05) is 33.7 Å². The van der Waals surface area contributed by atoms with Crippen molar-refractivity contribution in [2.24, 2.45) is 0 Å². The van der Waals surface area contributed by atoms with Crippen molar-refractivity contribution in [3.05, 3.63) is 71.3 Å². The lowest BCUT2D eigenvalue weighted by Crippen LogP contribution is -2.48. The molecule has 2 aromatic carbocycles. The number of aryl methyl sites for hydroxylation is 2. The van der Waals surface area contributed by atoms with Gasteiger partial charge < -0.3 is 39.7 Å². The van der Waals surface area contributed by atoms with E-state index in [1.807, 2.05) is 30.3 Å². The van der Waals surface area contributed by atoms with Crippen LogP contribution in [0, 0.1) is 0 Å². The number of ether oxygens (including phenoxy) is 4. The first kappa shape index (κ1) is 43.8. The van der Waals surface area contributed by atoms with Gasteiger partial charge in [0.25, 0.3) is 5.91 Å². The summed E-state index contributed by atoms with van der Waals surface area (Å²) >= 11 is 0. The number of carbonyl (C=O) groups excluding carboxylic acids is 5. The molecule has 0 saturated carbocycles. The monoisotopic (exact) mass is 728 g/mol. The first-order valence-corrected chi connectivity index (χ1v) is 17.9. The molecule has 0 radical (unpaired) electrons. The number of unbranched alkanes of at least 4 members (excludes halogenated alkanes) is 2. The van der Waals surface area contributed by atoms with Crippen LogP contribution in [-0.2, 0) is 67.0 Å². The van der Waals surface area contributed by atoms with Crippen molar-refractivity contribution < 1.29 is 47.8 Å². The molecule has 0 fully saturated rings. The van der Waals surface area contributed by atoms with Crippen molar-refractivity contribution in [1.82, 2.24) is 21.4 Å². The molecular weight excluding hydrogens is 672 g/mol. The maximum absolute atomic E-state index is 12.9. The highest BCUT2D eigenvalue weighted by Gasteiger charge is 2.20. The zero-order valence-corrected chi connectivity index (χ0v) is 30.6. The number of benzene rings is 2. The Morgan fingerprint density at radius 1 is 0.615 bits per heavy atom. The van der Waals surface area contributed by atoms with E-state index in [0.29, 0.717) is 45.6 Å². The highest BCUT2D eigenvalue weighted by Crippen LogP contribution is 2.11. The van der Waals surface area contributed by atoms with Crippen molar-refractivity contribution in [1.29, 1.82) is 0 Å². The van der Waals surface area contributed by atoms with Crippen LogP contribution in [0.25, 0.3) is 0 Å². The van der Waals surface area contributed by atoms with Gasteiger partial charge in [-0.25, -0.2) is 4.79 Å². The highest BCUT2D eigenvalue weighted by atomic mass is 16.7. The maximum Gasteiger partial charge on any atom is 0.332 e. The number of hydroxylamine groups is 1. The Balaban J connectivity index is 1.65. The Kier molecular flexibility index (Phi) is 23.8. The second kappa shape index (κ2) is 28.2. The summed E-state index contributed by atoms with van der Waals surface area (Å²) in [6.07, 6.45) is 5.91. The fourth-order valence-electron chi connectivity index (χ4n) is 4.95. The Bertz CT molecular complexity index is 1310. The minimum atomic E-state index is -0.841. The molecule has 14 nitrogen and oxygen atoms in total. The van der Waals surface area contributed by atoms with E-state index in [4.69, 9.17) is 23.8 Å². The summed E-state index contributed by atoms with van der Waals surface area (Å²) < 4.78 is 20.2. The molecular formula is C38H56N4O10. The van der Waals surface area contributed by atoms with Crippen LogP contribution in [0.2, 0.25) is 0 Å². The van der Waals surface area contributed by atoms with Gasteiger partial charge in [-0.1, -0.05) is 54.6 Å². The number of hydrogen-bond donors (Lipinski definition) is 4. The minimum absolute atomic E-state index is 0.0429. The number of carbonyl (C=O) groups is 5. The van der Waals surface area contributed by atoms with Crippen molar-refractivity contribution in [3.8, 4) is 0 Å². The summed E-state index contributed by atoms with van der Waals surface area (Å²) in [4.78, 5) is 66.6. The van der Waals surface area contributed by atoms with Gasteiger partial charge in [-0.05, 0) is 68.1 Å². The molecule has 4 N–H and O–H groups in total. The molecule has 288 valence electrons. The molecule has 0 spiro atoms. The maximum atomic E-state index is 12.9. The van der Waals surface area contributed by atoms with E-state index in [9.17, 15) is 24.0 Å². The van der Waals surface area contributed by atoms with E-state index >= 15 is 0 Å². The first-order chi connectivity index (χ1) is 25.3. The lowest BCUT2D eigenvalue weighted by atomic mass is 10.0. The quantitative estimate of drug-likeness (QED) is 0.0751. The second-order valence-electron chi connectivity index (χ2n) is 12.1. The summed E-state index contributed by atoms with van der Waals surface area (Å²) in [5.74, 6) is -2.21. The number of methoxy groups -OCH3 is 2. The number of hydrogen-bond acceptors (Lipinski definition) is 10. The summed E-state index contributed by atoms with van der Waals surface area (Å²) in [5.41, 5.74) is 5.54. The van der Waals surface area contributed by atoms with E-state index in [-0.39, 0.29) is 51.5 Å². The standard InChI is InChI=1S/C38H56N4O10/c1-48-23-25-50-28-35(44)39-21-9-8-15-33(41-36(45)29-51-26-24-49-2)38(47)40-22-10-16-37(46)52-42-34(43)27-32-19-17-31(18-20-32)14-7-6-13-30-11-4-3-5-12-30/h3-5,11-12,17-20,33H,6-10,13-16,21-29H2,1-2H3,(H,39,44)(H,40,47)(H,41,45)(H,42,43)/t33-/m0/s1. The lowest BCUT2D eigenvalue weighted by molar-refractivity contribution is -0.158. The van der Waals surface area contributed by atoms with Gasteiger partial charge in [0.1, 0.15) is 19.3 Å². The van der Waals surface area contributed by atoms with Gasteiger partial charge in [-0.15, -0.1) is 0 Å². The fraction of sp³-hybridized carbons (Fsp3) is 0.553. The number of rotatable bonds is 28. The number of nitrogens with one attached hydrogen (secondary N) is 4. The summed E-state index contributed by atoms with van der Waals surface area (Å²) in [7, 11) is 3.07. The topological polar surface area (TPSA) is 180 Å². The number of amides is 4. The van der Waals surface area contributed by atoms with Crippen LogP contribution in [0.3, 0.4) is 0 Å². The van der Waals surface area contributed by atoms with Gasteiger partial charge in [0.05, 0.1) is 32.8 Å². The van der Waals surface area contributed by atoms with E-state index < -0.39 is 29.7 Å². The third-order valence-corrected chi connectivity index (χ3v) is 7.77. The van der Waals surface area contributed by atoms with Crippen LogP contribution >= 0.6 is 0 Å². The van der Waals surface area contributed by atoms with E-state index in [2.05, 4.69) is 45.7 Å². The van der Waals surface area contributed by atoms with Crippen molar-refractivity contribution in [3.63, 3.8) is 0 Å². The average Bonchev–Trinajstić information content (AvgIpc) is 3.15. The molecule has 4 amide bonds. The predicted molar refractivity (Wildman–Crippen MR) is 194 cm³/mol. The van der Waals surface area contributed by atoms with Crippen molar-refractivity contribution in [2.75, 3.05) is 67.0 Å². The summed E-state index contributed by atoms with van der Waals surface area (Å²) in [6.45, 7) is 1.51. The molecule has 0 aliphatic rings. The van der Waals surface area contributed by atoms with Gasteiger partial charge in [0.2, 0.25) is 17.7 Å². The van der Waals surface area contributed by atoms with Gasteiger partial charge in [-0.3, -0.25) is 19.2 Å². The Labute approximate surface area is 307 Å². The second-order valence-corrected chi connectivity index (χ2v) is 12.1. The predicted octanol–water partition coefficient (Wildman–Crippen LogP) is 2.36. The molecule has 1 atom stereocenters. The molecule has 0 aromatic heterocycles. The van der Waals surface area contributed by atoms with Crippen LogP contribution in [-0.4, -0.2) is 103 Å². The summed E-state index contributed by atoms with van der Waals surface area (Å²) in [6, 6.07) is 17.4. The summed E-state index contributed by atoms with van der Waals surface area (Å²) in [5, 5.41) is 8.16. The van der Waals surface area contributed by atoms with E-state index in [1.54, 1.807) is 7.11 Å². The minimum Gasteiger partial charge on any atom is -0.382 e. The van der Waals surface area contributed by atoms with E-state index in [1.165, 1.54) is 18.2 Å². The van der Waals surface area contributed by atoms with Crippen LogP contribution < -0.4 is 21.4 Å². The Hall–Kier alpha value is -4.37. The molecule has 52 heavy (non-hydrogen) atoms.